The third-order valence-electron chi connectivity index (χ3n) is 3.53. The smallest absolute Gasteiger partial charge is 0.309 e. The number of para-hydroxylation sites is 2. The van der Waals surface area contributed by atoms with Crippen LogP contribution in [0.1, 0.15) is 47.1 Å². The van der Waals surface area contributed by atoms with Crippen molar-refractivity contribution in [1.82, 2.24) is 4.48 Å². The molecule has 0 amide bonds. The van der Waals surface area contributed by atoms with Gasteiger partial charge in [0.15, 0.2) is 5.75 Å². The average molecular weight is 468 g/mol. The Morgan fingerprint density at radius 1 is 0.848 bits per heavy atom. The number of hydrogen-bond donors (Lipinski definition) is 0. The van der Waals surface area contributed by atoms with Crippen LogP contribution in [0.4, 0.5) is 5.69 Å². The van der Waals surface area contributed by atoms with Crippen LogP contribution in [0.25, 0.3) is 0 Å². The lowest BCUT2D eigenvalue weighted by Gasteiger charge is -2.23. The minimum absolute atomic E-state index is 0.102. The highest BCUT2D eigenvalue weighted by molar-refractivity contribution is 5.72. The predicted molar refractivity (Wildman–Crippen MR) is 136 cm³/mol. The van der Waals surface area contributed by atoms with Gasteiger partial charge in [0.2, 0.25) is 0 Å². The highest BCUT2D eigenvalue weighted by Gasteiger charge is 2.11. The van der Waals surface area contributed by atoms with Crippen molar-refractivity contribution in [1.29, 1.82) is 0 Å². The molecule has 0 saturated carbocycles. The third-order valence-corrected chi connectivity index (χ3v) is 3.53. The van der Waals surface area contributed by atoms with Crippen LogP contribution < -0.4 is 14.1 Å². The molecule has 2 aromatic rings. The molecule has 0 saturated heterocycles. The van der Waals surface area contributed by atoms with Gasteiger partial charge in [-0.3, -0.25) is 14.1 Å². The highest BCUT2D eigenvalue weighted by atomic mass is 17.0. The summed E-state index contributed by atoms with van der Waals surface area (Å²) in [5.41, 5.74) is 2.20. The molecule has 0 heterocycles. The first kappa shape index (κ1) is 34.5. The van der Waals surface area contributed by atoms with Crippen LogP contribution in [0.3, 0.4) is 0 Å². The second-order valence-corrected chi connectivity index (χ2v) is 6.40. The van der Waals surface area contributed by atoms with E-state index in [0.717, 1.165) is 10.0 Å². The van der Waals surface area contributed by atoms with E-state index in [1.807, 2.05) is 65.8 Å². The molecule has 188 valence electrons. The third kappa shape index (κ3) is 16.2. The summed E-state index contributed by atoms with van der Waals surface area (Å²) in [7, 11) is 9.14. The molecule has 0 fully saturated rings. The Bertz CT molecular complexity index is 756. The van der Waals surface area contributed by atoms with Gasteiger partial charge >= 0.3 is 5.97 Å². The van der Waals surface area contributed by atoms with Gasteiger partial charge in [-0.05, 0) is 29.8 Å². The van der Waals surface area contributed by atoms with E-state index in [4.69, 9.17) is 4.74 Å². The molecule has 8 heteroatoms. The molecule has 8 nitrogen and oxygen atoms in total. The van der Waals surface area contributed by atoms with E-state index < -0.39 is 5.09 Å². The number of quaternary nitrogens is 1. The van der Waals surface area contributed by atoms with Crippen molar-refractivity contribution in [2.45, 2.75) is 48.0 Å². The molecule has 0 unspecified atom stereocenters. The summed E-state index contributed by atoms with van der Waals surface area (Å²) in [5.74, 6) is 0.243. The van der Waals surface area contributed by atoms with Gasteiger partial charge < -0.3 is 9.47 Å². The lowest BCUT2D eigenvalue weighted by Crippen LogP contribution is -2.34. The Morgan fingerprint density at radius 3 is 1.67 bits per heavy atom. The van der Waals surface area contributed by atoms with Crippen molar-refractivity contribution in [3.8, 4) is 11.5 Å². The summed E-state index contributed by atoms with van der Waals surface area (Å²) < 4.78 is 10.2. The molecule has 2 rings (SSSR count). The van der Waals surface area contributed by atoms with Crippen molar-refractivity contribution < 1.29 is 24.2 Å². The molecule has 0 atom stereocenters. The van der Waals surface area contributed by atoms with Gasteiger partial charge in [0, 0.05) is 0 Å². The van der Waals surface area contributed by atoms with Gasteiger partial charge in [-0.15, -0.1) is 10.1 Å². The maximum Gasteiger partial charge on any atom is 0.309 e. The van der Waals surface area contributed by atoms with Gasteiger partial charge in [-0.1, -0.05) is 65.8 Å². The molecule has 0 aliphatic heterocycles. The van der Waals surface area contributed by atoms with Gasteiger partial charge in [-0.25, -0.2) is 0 Å². The Balaban J connectivity index is -0.000000450. The minimum atomic E-state index is -0.877. The number of ether oxygens (including phenoxy) is 2. The number of carbonyl (C=O) groups is 1. The Morgan fingerprint density at radius 2 is 1.30 bits per heavy atom. The summed E-state index contributed by atoms with van der Waals surface area (Å²) >= 11 is 0. The van der Waals surface area contributed by atoms with Crippen LogP contribution in [0.5, 0.6) is 11.5 Å². The highest BCUT2D eigenvalue weighted by Crippen LogP contribution is 2.25. The van der Waals surface area contributed by atoms with Crippen molar-refractivity contribution in [2.24, 2.45) is 0 Å². The first-order valence-electron chi connectivity index (χ1n) is 11.1. The van der Waals surface area contributed by atoms with Crippen molar-refractivity contribution >= 4 is 11.7 Å². The van der Waals surface area contributed by atoms with E-state index in [0.29, 0.717) is 12.2 Å². The van der Waals surface area contributed by atoms with Crippen LogP contribution in [0, 0.1) is 10.1 Å². The molecule has 33 heavy (non-hydrogen) atoms. The number of rotatable bonds is 6. The van der Waals surface area contributed by atoms with E-state index in [-0.39, 0.29) is 11.7 Å². The average Bonchev–Trinajstić information content (AvgIpc) is 2.83. The number of nitrogens with zero attached hydrogens (tertiary/aromatic N) is 2. The van der Waals surface area contributed by atoms with Gasteiger partial charge in [0.05, 0.1) is 41.8 Å². The van der Waals surface area contributed by atoms with Gasteiger partial charge in [-0.2, -0.15) is 0 Å². The second-order valence-electron chi connectivity index (χ2n) is 6.40. The number of benzene rings is 2. The van der Waals surface area contributed by atoms with Crippen molar-refractivity contribution in [3.05, 3.63) is 64.2 Å². The first-order chi connectivity index (χ1) is 15.7. The Kier molecular flexibility index (Phi) is 21.7. The molecule has 0 aliphatic carbocycles. The zero-order valence-corrected chi connectivity index (χ0v) is 22.2. The quantitative estimate of drug-likeness (QED) is 0.226. The minimum Gasteiger partial charge on any atom is -0.494 e. The zero-order chi connectivity index (χ0) is 26.4. The molecule has 0 radical (unpaired) electrons. The number of esters is 1. The summed E-state index contributed by atoms with van der Waals surface area (Å²) in [6.45, 7) is 12.0. The van der Waals surface area contributed by atoms with Crippen LogP contribution in [0.15, 0.2) is 48.5 Å². The summed E-state index contributed by atoms with van der Waals surface area (Å²) in [6, 6.07) is 14.4. The largest absolute Gasteiger partial charge is 0.494 e. The second kappa shape index (κ2) is 20.8. The first-order valence-corrected chi connectivity index (χ1v) is 11.1. The SMILES string of the molecule is CC.CC.CC.COC(=O)Cc1ccc([N+](C)(C)C)cc1.COc1ccccc1O[N+](=O)[O-]. The zero-order valence-electron chi connectivity index (χ0n) is 22.2. The van der Waals surface area contributed by atoms with Gasteiger partial charge in [0.1, 0.15) is 11.4 Å². The standard InChI is InChI=1S/C12H18NO2.C7H7NO4.3C2H6/c1-13(2,3)11-7-5-10(6-8-11)9-12(14)15-4;1-11-6-4-2-3-5-7(6)12-8(9)10;3*1-2/h5-8H,9H2,1-4H3;2-5H,1H3;3*1-2H3/q+1;;;;. The molecular weight excluding hydrogens is 424 g/mol. The fraction of sp³-hybridized carbons (Fsp3) is 0.480. The fourth-order valence-electron chi connectivity index (χ4n) is 2.07. The fourth-order valence-corrected chi connectivity index (χ4v) is 2.07. The molecule has 0 aromatic heterocycles. The molecule has 0 spiro atoms. The maximum absolute atomic E-state index is 11.0. The normalized spacial score (nSPS) is 8.94. The number of hydrogen-bond acceptors (Lipinski definition) is 6. The maximum atomic E-state index is 11.0. The topological polar surface area (TPSA) is 87.9 Å². The molecule has 0 N–H and O–H groups in total. The Labute approximate surface area is 199 Å². The predicted octanol–water partition coefficient (Wildman–Crippen LogP) is 5.94. The van der Waals surface area contributed by atoms with E-state index in [2.05, 4.69) is 30.7 Å². The van der Waals surface area contributed by atoms with Crippen LogP contribution in [0.2, 0.25) is 0 Å². The molecule has 0 aliphatic rings. The lowest BCUT2D eigenvalue weighted by atomic mass is 10.1. The van der Waals surface area contributed by atoms with Crippen LogP contribution in [-0.4, -0.2) is 46.4 Å². The number of methoxy groups -OCH3 is 2. The van der Waals surface area contributed by atoms with E-state index >= 15 is 0 Å². The molecular formula is C25H43N2O6+. The monoisotopic (exact) mass is 467 g/mol. The summed E-state index contributed by atoms with van der Waals surface area (Å²) in [4.78, 5) is 25.2. The Hall–Kier alpha value is -3.13. The lowest BCUT2D eigenvalue weighted by molar-refractivity contribution is -0.711. The van der Waals surface area contributed by atoms with E-state index in [1.165, 1.54) is 26.0 Å². The molecule has 0 bridgehead atoms. The summed E-state index contributed by atoms with van der Waals surface area (Å²) in [5, 5.41) is 9.09. The number of carbonyl (C=O) groups excluding carboxylic acids is 1. The van der Waals surface area contributed by atoms with E-state index in [9.17, 15) is 14.9 Å². The van der Waals surface area contributed by atoms with Crippen LogP contribution in [-0.2, 0) is 16.0 Å². The van der Waals surface area contributed by atoms with Gasteiger partial charge in [0.25, 0.3) is 5.09 Å². The van der Waals surface area contributed by atoms with Crippen molar-refractivity contribution in [3.63, 3.8) is 0 Å². The summed E-state index contributed by atoms with van der Waals surface area (Å²) in [6.07, 6.45) is 0.341. The van der Waals surface area contributed by atoms with Crippen molar-refractivity contribution in [2.75, 3.05) is 35.4 Å². The van der Waals surface area contributed by atoms with E-state index in [1.54, 1.807) is 18.2 Å². The van der Waals surface area contributed by atoms with Crippen LogP contribution >= 0.6 is 0 Å². The molecule has 2 aromatic carbocycles.